The van der Waals surface area contributed by atoms with Gasteiger partial charge in [-0.25, -0.2) is 0 Å². The van der Waals surface area contributed by atoms with Crippen LogP contribution >= 0.6 is 0 Å². The molecule has 1 unspecified atom stereocenters. The molecule has 19 heavy (non-hydrogen) atoms. The summed E-state index contributed by atoms with van der Waals surface area (Å²) in [5.41, 5.74) is 0. The number of ether oxygens (including phenoxy) is 4. The molecule has 0 spiro atoms. The topological polar surface area (TPSA) is 108 Å². The highest BCUT2D eigenvalue weighted by Crippen LogP contribution is 2.23. The molecule has 0 amide bonds. The van der Waals surface area contributed by atoms with Crippen molar-refractivity contribution in [3.63, 3.8) is 0 Å². The Hall–Kier alpha value is -1.67. The van der Waals surface area contributed by atoms with Crippen LogP contribution in [-0.4, -0.2) is 54.2 Å². The van der Waals surface area contributed by atoms with Crippen LogP contribution in [-0.2, 0) is 33.3 Å². The Labute approximate surface area is 113 Å². The van der Waals surface area contributed by atoms with Gasteiger partial charge in [-0.05, 0) is 0 Å². The second-order valence-electron chi connectivity index (χ2n) is 3.66. The molecule has 0 radical (unpaired) electrons. The highest BCUT2D eigenvalue weighted by molar-refractivity contribution is 5.68. The molecule has 1 saturated heterocycles. The van der Waals surface area contributed by atoms with Crippen molar-refractivity contribution in [1.29, 1.82) is 0 Å². The smallest absolute Gasteiger partial charge is 0.303 e. The Balaban J connectivity index is 2.92. The maximum absolute atomic E-state index is 11.3. The minimum absolute atomic E-state index is 0.349. The first-order valence-electron chi connectivity index (χ1n) is 7.30. The number of aliphatic hydroxyl groups is 1. The Morgan fingerprint density at radius 3 is 2.16 bits per heavy atom. The molecule has 8 heteroatoms. The van der Waals surface area contributed by atoms with Crippen LogP contribution in [0.4, 0.5) is 0 Å². The minimum atomic E-state index is -1.65. The molecule has 8 nitrogen and oxygen atoms in total. The van der Waals surface area contributed by atoms with Gasteiger partial charge in [0.15, 0.2) is 24.6 Å². The van der Waals surface area contributed by atoms with E-state index in [2.05, 4.69) is 0 Å². The third-order valence-corrected chi connectivity index (χ3v) is 2.22. The number of rotatable bonds is 3. The lowest BCUT2D eigenvalue weighted by Crippen LogP contribution is -2.57. The first-order chi connectivity index (χ1) is 10.4. The van der Waals surface area contributed by atoms with E-state index in [0.29, 0.717) is 0 Å². The standard InChI is InChI=1S/C11H16O8/c1-5(12)17-8-4-16-11(15)10(19-7(3)14)9(8)18-6(2)13/h8-11,15H,4H2,1-3H3/t8-,9-,10+,11?/m1/s1/i1D,2D,3D. The maximum Gasteiger partial charge on any atom is 0.303 e. The summed E-state index contributed by atoms with van der Waals surface area (Å²) >= 11 is 0. The fourth-order valence-corrected chi connectivity index (χ4v) is 1.60. The zero-order chi connectivity index (χ0) is 16.7. The Bertz CT molecular complexity index is 418. The molecule has 1 rings (SSSR count). The van der Waals surface area contributed by atoms with Gasteiger partial charge in [0.2, 0.25) is 0 Å². The van der Waals surface area contributed by atoms with Crippen LogP contribution in [0.15, 0.2) is 0 Å². The minimum Gasteiger partial charge on any atom is -0.456 e. The normalized spacial score (nSPS) is 32.4. The van der Waals surface area contributed by atoms with Gasteiger partial charge < -0.3 is 24.1 Å². The van der Waals surface area contributed by atoms with E-state index in [9.17, 15) is 19.5 Å². The van der Waals surface area contributed by atoms with Crippen molar-refractivity contribution in [1.82, 2.24) is 0 Å². The fraction of sp³-hybridized carbons (Fsp3) is 0.727. The molecule has 1 aliphatic heterocycles. The summed E-state index contributed by atoms with van der Waals surface area (Å²) in [5.74, 6) is -2.92. The zero-order valence-electron chi connectivity index (χ0n) is 12.9. The summed E-state index contributed by atoms with van der Waals surface area (Å²) in [4.78, 5) is 33.7. The van der Waals surface area contributed by atoms with Gasteiger partial charge in [-0.2, -0.15) is 0 Å². The lowest BCUT2D eigenvalue weighted by atomic mass is 10.0. The average Bonchev–Trinajstić information content (AvgIpc) is 2.52. The van der Waals surface area contributed by atoms with Crippen LogP contribution in [0.25, 0.3) is 0 Å². The molecule has 0 aromatic carbocycles. The molecular weight excluding hydrogens is 260 g/mol. The Morgan fingerprint density at radius 1 is 1.05 bits per heavy atom. The van der Waals surface area contributed by atoms with Crippen LogP contribution in [0, 0.1) is 0 Å². The van der Waals surface area contributed by atoms with E-state index >= 15 is 0 Å². The molecule has 0 saturated carbocycles. The summed E-state index contributed by atoms with van der Waals surface area (Å²) < 4.78 is 40.1. The van der Waals surface area contributed by atoms with Crippen molar-refractivity contribution in [2.75, 3.05) is 6.61 Å². The second kappa shape index (κ2) is 6.48. The number of aliphatic hydroxyl groups excluding tert-OH is 1. The molecule has 0 bridgehead atoms. The van der Waals surface area contributed by atoms with Crippen LogP contribution < -0.4 is 0 Å². The van der Waals surface area contributed by atoms with Crippen molar-refractivity contribution in [3.05, 3.63) is 0 Å². The Kier molecular flexibility index (Phi) is 3.82. The lowest BCUT2D eigenvalue weighted by molar-refractivity contribution is -0.267. The monoisotopic (exact) mass is 279 g/mol. The molecule has 1 fully saturated rings. The van der Waals surface area contributed by atoms with Gasteiger partial charge in [-0.3, -0.25) is 14.4 Å². The van der Waals surface area contributed by atoms with Crippen LogP contribution in [0.5, 0.6) is 0 Å². The van der Waals surface area contributed by atoms with Gasteiger partial charge in [-0.15, -0.1) is 0 Å². The molecule has 0 aliphatic carbocycles. The van der Waals surface area contributed by atoms with E-state index in [0.717, 1.165) is 0 Å². The molecule has 0 aromatic rings. The van der Waals surface area contributed by atoms with Crippen molar-refractivity contribution in [3.8, 4) is 0 Å². The van der Waals surface area contributed by atoms with Gasteiger partial charge in [0, 0.05) is 24.8 Å². The van der Waals surface area contributed by atoms with E-state index in [1.54, 1.807) is 0 Å². The van der Waals surface area contributed by atoms with Crippen molar-refractivity contribution < 1.29 is 42.5 Å². The summed E-state index contributed by atoms with van der Waals surface area (Å²) in [6.07, 6.45) is -5.76. The van der Waals surface area contributed by atoms with E-state index < -0.39 is 63.2 Å². The zero-order valence-corrected chi connectivity index (χ0v) is 9.94. The van der Waals surface area contributed by atoms with E-state index in [1.165, 1.54) is 0 Å². The van der Waals surface area contributed by atoms with E-state index in [4.69, 9.17) is 23.1 Å². The third kappa shape index (κ3) is 4.49. The van der Waals surface area contributed by atoms with Gasteiger partial charge in [-0.1, -0.05) is 0 Å². The van der Waals surface area contributed by atoms with Crippen molar-refractivity contribution >= 4 is 17.9 Å². The summed E-state index contributed by atoms with van der Waals surface area (Å²) in [6.45, 7) is -2.50. The van der Waals surface area contributed by atoms with Gasteiger partial charge in [0.25, 0.3) is 0 Å². The number of hydrogen-bond acceptors (Lipinski definition) is 8. The highest BCUT2D eigenvalue weighted by atomic mass is 16.7. The third-order valence-electron chi connectivity index (χ3n) is 2.22. The van der Waals surface area contributed by atoms with Gasteiger partial charge in [0.05, 0.1) is 6.61 Å². The molecule has 1 N–H and O–H groups in total. The summed E-state index contributed by atoms with van der Waals surface area (Å²) in [6, 6.07) is 0. The molecule has 0 aromatic heterocycles. The first-order valence-corrected chi connectivity index (χ1v) is 5.18. The second-order valence-corrected chi connectivity index (χ2v) is 3.66. The predicted molar refractivity (Wildman–Crippen MR) is 58.6 cm³/mol. The summed E-state index contributed by atoms with van der Waals surface area (Å²) in [5, 5.41) is 9.70. The molecular formula is C11H16O8. The van der Waals surface area contributed by atoms with Gasteiger partial charge >= 0.3 is 17.9 Å². The number of carbonyl (C=O) groups excluding carboxylic acids is 3. The van der Waals surface area contributed by atoms with Crippen LogP contribution in [0.2, 0.25) is 0 Å². The first kappa shape index (κ1) is 11.2. The van der Waals surface area contributed by atoms with E-state index in [-0.39, 0.29) is 6.61 Å². The van der Waals surface area contributed by atoms with Crippen molar-refractivity contribution in [2.45, 2.75) is 45.3 Å². The molecule has 108 valence electrons. The van der Waals surface area contributed by atoms with Crippen LogP contribution in [0.1, 0.15) is 24.8 Å². The number of esters is 3. The molecule has 1 aliphatic rings. The summed E-state index contributed by atoms with van der Waals surface area (Å²) in [7, 11) is 0. The number of hydrogen-bond donors (Lipinski definition) is 1. The van der Waals surface area contributed by atoms with Crippen molar-refractivity contribution in [2.24, 2.45) is 0 Å². The fourth-order valence-electron chi connectivity index (χ4n) is 1.60. The average molecular weight is 279 g/mol. The predicted octanol–water partition coefficient (Wildman–Crippen LogP) is -0.870. The number of carbonyl (C=O) groups is 3. The SMILES string of the molecule is [2H]CC(=O)O[C@H]1[C@H](OC(=O)C[2H])C(O)OC[C@H]1OC(=O)C[2H]. The Morgan fingerprint density at radius 2 is 1.58 bits per heavy atom. The largest absolute Gasteiger partial charge is 0.456 e. The highest BCUT2D eigenvalue weighted by Gasteiger charge is 2.46. The van der Waals surface area contributed by atoms with Crippen LogP contribution in [0.3, 0.4) is 0 Å². The lowest BCUT2D eigenvalue weighted by Gasteiger charge is -2.38. The maximum atomic E-state index is 11.3. The van der Waals surface area contributed by atoms with E-state index in [1.807, 2.05) is 0 Å². The quantitative estimate of drug-likeness (QED) is 0.524. The van der Waals surface area contributed by atoms with Gasteiger partial charge in [0.1, 0.15) is 0 Å². The molecule has 4 atom stereocenters. The molecule has 1 heterocycles.